The summed E-state index contributed by atoms with van der Waals surface area (Å²) in [4.78, 5) is 36.0. The number of hydrogen-bond donors (Lipinski definition) is 3. The molecule has 172 valence electrons. The minimum atomic E-state index is -1.73. The molecule has 0 bridgehead atoms. The van der Waals surface area contributed by atoms with E-state index in [1.54, 1.807) is 0 Å². The molecule has 0 aliphatic heterocycles. The van der Waals surface area contributed by atoms with E-state index in [0.717, 1.165) is 6.07 Å². The molecule has 0 atom stereocenters. The van der Waals surface area contributed by atoms with Gasteiger partial charge in [0.05, 0.1) is 40.1 Å². The minimum absolute atomic E-state index is 0.124. The maximum absolute atomic E-state index is 13.6. The molecule has 32 heavy (non-hydrogen) atoms. The molecule has 2 aromatic rings. The first-order valence-corrected chi connectivity index (χ1v) is 9.00. The molecule has 0 saturated carbocycles. The Morgan fingerprint density at radius 3 is 1.97 bits per heavy atom. The molecule has 0 radical (unpaired) electrons. The van der Waals surface area contributed by atoms with E-state index < -0.39 is 54.0 Å². The molecule has 0 saturated heterocycles. The van der Waals surface area contributed by atoms with Crippen LogP contribution in [0.4, 0.5) is 18.9 Å². The van der Waals surface area contributed by atoms with E-state index in [9.17, 15) is 27.6 Å². The van der Waals surface area contributed by atoms with Crippen LogP contribution >= 0.6 is 0 Å². The van der Waals surface area contributed by atoms with Gasteiger partial charge in [-0.25, -0.2) is 13.2 Å². The standard InChI is InChI=1S/C20H20F3N3O6/c1-30-13-6-10(7-14(31-2)19(13)32-3)20(29)25-8-15(27)24-9-16(28)26-12-5-4-11(21)17(22)18(12)23/h4-7H,8-9H2,1-3H3,(H,24,27)(H,25,29)(H,26,28). The van der Waals surface area contributed by atoms with Crippen molar-refractivity contribution in [2.24, 2.45) is 0 Å². The number of halogens is 3. The Kier molecular flexibility index (Phi) is 8.27. The minimum Gasteiger partial charge on any atom is -0.493 e. The lowest BCUT2D eigenvalue weighted by atomic mass is 10.1. The second kappa shape index (κ2) is 10.9. The van der Waals surface area contributed by atoms with E-state index in [1.807, 2.05) is 5.32 Å². The van der Waals surface area contributed by atoms with Crippen molar-refractivity contribution >= 4 is 23.4 Å². The molecule has 9 nitrogen and oxygen atoms in total. The van der Waals surface area contributed by atoms with Crippen LogP contribution in [0.5, 0.6) is 17.2 Å². The van der Waals surface area contributed by atoms with Gasteiger partial charge in [0.15, 0.2) is 29.0 Å². The first-order chi connectivity index (χ1) is 15.2. The normalized spacial score (nSPS) is 10.2. The molecule has 3 amide bonds. The molecule has 0 aliphatic carbocycles. The van der Waals surface area contributed by atoms with Crippen LogP contribution in [0.3, 0.4) is 0 Å². The highest BCUT2D eigenvalue weighted by molar-refractivity contribution is 5.98. The van der Waals surface area contributed by atoms with Crippen molar-refractivity contribution in [3.63, 3.8) is 0 Å². The maximum Gasteiger partial charge on any atom is 0.251 e. The molecule has 0 spiro atoms. The third-order valence-corrected chi connectivity index (χ3v) is 4.09. The van der Waals surface area contributed by atoms with E-state index in [-0.39, 0.29) is 22.8 Å². The molecule has 0 heterocycles. The van der Waals surface area contributed by atoms with Crippen LogP contribution in [0.2, 0.25) is 0 Å². The lowest BCUT2D eigenvalue weighted by molar-refractivity contribution is -0.123. The largest absolute Gasteiger partial charge is 0.493 e. The van der Waals surface area contributed by atoms with Gasteiger partial charge in [-0.05, 0) is 24.3 Å². The highest BCUT2D eigenvalue weighted by Gasteiger charge is 2.18. The van der Waals surface area contributed by atoms with Crippen molar-refractivity contribution in [3.05, 3.63) is 47.3 Å². The molecule has 2 aromatic carbocycles. The van der Waals surface area contributed by atoms with E-state index in [0.29, 0.717) is 6.07 Å². The number of nitrogens with one attached hydrogen (secondary N) is 3. The van der Waals surface area contributed by atoms with Crippen molar-refractivity contribution in [1.29, 1.82) is 0 Å². The summed E-state index contributed by atoms with van der Waals surface area (Å²) in [6, 6.07) is 4.26. The zero-order valence-corrected chi connectivity index (χ0v) is 17.3. The van der Waals surface area contributed by atoms with Crippen LogP contribution in [0, 0.1) is 17.5 Å². The molecule has 12 heteroatoms. The van der Waals surface area contributed by atoms with Gasteiger partial charge < -0.3 is 30.2 Å². The average molecular weight is 455 g/mol. The second-order valence-electron chi connectivity index (χ2n) is 6.14. The van der Waals surface area contributed by atoms with E-state index in [1.165, 1.54) is 33.5 Å². The van der Waals surface area contributed by atoms with Crippen LogP contribution in [0.15, 0.2) is 24.3 Å². The number of rotatable bonds is 9. The number of methoxy groups -OCH3 is 3. The van der Waals surface area contributed by atoms with Crippen LogP contribution in [0.1, 0.15) is 10.4 Å². The summed E-state index contributed by atoms with van der Waals surface area (Å²) in [5.41, 5.74) is -0.460. The zero-order chi connectivity index (χ0) is 23.8. The van der Waals surface area contributed by atoms with Gasteiger partial charge in [0.1, 0.15) is 0 Å². The summed E-state index contributed by atoms with van der Waals surface area (Å²) >= 11 is 0. The molecule has 0 aliphatic rings. The molecule has 2 rings (SSSR count). The van der Waals surface area contributed by atoms with Crippen LogP contribution in [-0.2, 0) is 9.59 Å². The fraction of sp³-hybridized carbons (Fsp3) is 0.250. The smallest absolute Gasteiger partial charge is 0.251 e. The van der Waals surface area contributed by atoms with Gasteiger partial charge in [-0.3, -0.25) is 14.4 Å². The zero-order valence-electron chi connectivity index (χ0n) is 17.3. The van der Waals surface area contributed by atoms with Gasteiger partial charge in [0, 0.05) is 5.56 Å². The van der Waals surface area contributed by atoms with Crippen molar-refractivity contribution in [3.8, 4) is 17.2 Å². The molecular formula is C20H20F3N3O6. The average Bonchev–Trinajstić information content (AvgIpc) is 2.80. The van der Waals surface area contributed by atoms with Gasteiger partial charge >= 0.3 is 0 Å². The number of benzene rings is 2. The number of carbonyl (C=O) groups excluding carboxylic acids is 3. The lowest BCUT2D eigenvalue weighted by Crippen LogP contribution is -2.40. The number of ether oxygens (including phenoxy) is 3. The third kappa shape index (κ3) is 5.80. The monoisotopic (exact) mass is 455 g/mol. The summed E-state index contributed by atoms with van der Waals surface area (Å²) in [5.74, 6) is -6.20. The van der Waals surface area contributed by atoms with Crippen molar-refractivity contribution in [2.45, 2.75) is 0 Å². The fourth-order valence-corrected chi connectivity index (χ4v) is 2.53. The Labute approximate surface area is 180 Å². The van der Waals surface area contributed by atoms with Crippen molar-refractivity contribution in [1.82, 2.24) is 10.6 Å². The van der Waals surface area contributed by atoms with Gasteiger partial charge in [-0.2, -0.15) is 0 Å². The summed E-state index contributed by atoms with van der Waals surface area (Å²) < 4.78 is 55.1. The van der Waals surface area contributed by atoms with E-state index in [2.05, 4.69) is 10.6 Å². The second-order valence-corrected chi connectivity index (χ2v) is 6.14. The van der Waals surface area contributed by atoms with Crippen LogP contribution in [0.25, 0.3) is 0 Å². The predicted molar refractivity (Wildman–Crippen MR) is 106 cm³/mol. The fourth-order valence-electron chi connectivity index (χ4n) is 2.53. The quantitative estimate of drug-likeness (QED) is 0.495. The Morgan fingerprint density at radius 2 is 1.41 bits per heavy atom. The number of amides is 3. The molecule has 3 N–H and O–H groups in total. The Bertz CT molecular complexity index is 1010. The van der Waals surface area contributed by atoms with Crippen molar-refractivity contribution < 1.29 is 41.8 Å². The molecule has 0 unspecified atom stereocenters. The lowest BCUT2D eigenvalue weighted by Gasteiger charge is -2.14. The van der Waals surface area contributed by atoms with E-state index in [4.69, 9.17) is 14.2 Å². The first-order valence-electron chi connectivity index (χ1n) is 9.00. The Hall–Kier alpha value is -3.96. The number of anilines is 1. The highest BCUT2D eigenvalue weighted by atomic mass is 19.2. The molecular weight excluding hydrogens is 435 g/mol. The van der Waals surface area contributed by atoms with Crippen molar-refractivity contribution in [2.75, 3.05) is 39.7 Å². The number of hydrogen-bond acceptors (Lipinski definition) is 6. The molecule has 0 fully saturated rings. The van der Waals surface area contributed by atoms with Gasteiger partial charge in [-0.15, -0.1) is 0 Å². The highest BCUT2D eigenvalue weighted by Crippen LogP contribution is 2.38. The van der Waals surface area contributed by atoms with Crippen LogP contribution < -0.4 is 30.2 Å². The third-order valence-electron chi connectivity index (χ3n) is 4.09. The van der Waals surface area contributed by atoms with Gasteiger partial charge in [-0.1, -0.05) is 0 Å². The first kappa shape index (κ1) is 24.3. The topological polar surface area (TPSA) is 115 Å². The predicted octanol–water partition coefficient (Wildman–Crippen LogP) is 1.61. The number of carbonyl (C=O) groups is 3. The summed E-state index contributed by atoms with van der Waals surface area (Å²) in [6.07, 6.45) is 0. The Morgan fingerprint density at radius 1 is 0.812 bits per heavy atom. The summed E-state index contributed by atoms with van der Waals surface area (Å²) in [7, 11) is 4.16. The SMILES string of the molecule is COc1cc(C(=O)NCC(=O)NCC(=O)Nc2ccc(F)c(F)c2F)cc(OC)c1OC. The van der Waals surface area contributed by atoms with E-state index >= 15 is 0 Å². The van der Waals surface area contributed by atoms with Crippen LogP contribution in [-0.4, -0.2) is 52.1 Å². The van der Waals surface area contributed by atoms with Gasteiger partial charge in [0.25, 0.3) is 5.91 Å². The summed E-state index contributed by atoms with van der Waals surface area (Å²) in [5, 5.41) is 6.54. The Balaban J connectivity index is 1.90. The summed E-state index contributed by atoms with van der Waals surface area (Å²) in [6.45, 7) is -1.08. The maximum atomic E-state index is 13.6. The molecule has 0 aromatic heterocycles. The van der Waals surface area contributed by atoms with Gasteiger partial charge in [0.2, 0.25) is 17.6 Å².